The molecule has 0 radical (unpaired) electrons. The second-order valence-electron chi connectivity index (χ2n) is 3.54. The Labute approximate surface area is 97.4 Å². The quantitative estimate of drug-likeness (QED) is 0.833. The van der Waals surface area contributed by atoms with Crippen LogP contribution in [0.5, 0.6) is 0 Å². The van der Waals surface area contributed by atoms with Gasteiger partial charge in [-0.05, 0) is 26.0 Å². The lowest BCUT2D eigenvalue weighted by Gasteiger charge is -2.12. The van der Waals surface area contributed by atoms with Gasteiger partial charge < -0.3 is 5.32 Å². The molecule has 3 nitrogen and oxygen atoms in total. The molecule has 5 heteroatoms. The molecule has 0 aromatic carbocycles. The van der Waals surface area contributed by atoms with Crippen molar-refractivity contribution in [2.75, 3.05) is 5.32 Å². The molecule has 1 unspecified atom stereocenters. The van der Waals surface area contributed by atoms with E-state index >= 15 is 0 Å². The van der Waals surface area contributed by atoms with Crippen molar-refractivity contribution in [1.29, 1.82) is 0 Å². The third-order valence-electron chi connectivity index (χ3n) is 2.19. The van der Waals surface area contributed by atoms with Gasteiger partial charge in [-0.3, -0.25) is 0 Å². The van der Waals surface area contributed by atoms with Crippen LogP contribution in [0, 0.1) is 12.9 Å². The van der Waals surface area contributed by atoms with Crippen molar-refractivity contribution >= 4 is 17.2 Å². The van der Waals surface area contributed by atoms with Gasteiger partial charge >= 0.3 is 0 Å². The Morgan fingerprint density at radius 1 is 1.38 bits per heavy atom. The first-order valence-corrected chi connectivity index (χ1v) is 5.77. The molecule has 0 aliphatic heterocycles. The third-order valence-corrected chi connectivity index (χ3v) is 3.37. The standard InChI is InChI=1S/C11H12FN3S/c1-7-3-4-9(16-7)8(2)15-11-5-10(12)13-6-14-11/h3-6,8H,1-2H3,(H,13,14,15). The summed E-state index contributed by atoms with van der Waals surface area (Å²) in [5, 5.41) is 3.13. The number of anilines is 1. The second-order valence-corrected chi connectivity index (χ2v) is 4.86. The van der Waals surface area contributed by atoms with E-state index in [1.807, 2.05) is 6.92 Å². The summed E-state index contributed by atoms with van der Waals surface area (Å²) in [6.45, 7) is 4.08. The van der Waals surface area contributed by atoms with Gasteiger partial charge in [-0.25, -0.2) is 9.97 Å². The average Bonchev–Trinajstić information content (AvgIpc) is 2.65. The predicted molar refractivity (Wildman–Crippen MR) is 63.1 cm³/mol. The van der Waals surface area contributed by atoms with Crippen molar-refractivity contribution in [2.45, 2.75) is 19.9 Å². The first-order chi connectivity index (χ1) is 7.65. The van der Waals surface area contributed by atoms with E-state index in [1.54, 1.807) is 11.3 Å². The van der Waals surface area contributed by atoms with E-state index < -0.39 is 5.95 Å². The molecule has 0 aliphatic carbocycles. The molecule has 2 rings (SSSR count). The van der Waals surface area contributed by atoms with Crippen LogP contribution < -0.4 is 5.32 Å². The summed E-state index contributed by atoms with van der Waals surface area (Å²) in [7, 11) is 0. The van der Waals surface area contributed by atoms with E-state index in [2.05, 4.69) is 34.3 Å². The predicted octanol–water partition coefficient (Wildman–Crippen LogP) is 3.16. The largest absolute Gasteiger partial charge is 0.363 e. The number of aryl methyl sites for hydroxylation is 1. The van der Waals surface area contributed by atoms with Crippen LogP contribution in [-0.2, 0) is 0 Å². The number of nitrogens with zero attached hydrogens (tertiary/aromatic N) is 2. The van der Waals surface area contributed by atoms with E-state index in [1.165, 1.54) is 22.1 Å². The van der Waals surface area contributed by atoms with E-state index in [0.717, 1.165) is 0 Å². The second kappa shape index (κ2) is 4.57. The molecule has 0 amide bonds. The Bertz CT molecular complexity index is 484. The van der Waals surface area contributed by atoms with Crippen LogP contribution in [0.2, 0.25) is 0 Å². The van der Waals surface area contributed by atoms with E-state index in [4.69, 9.17) is 0 Å². The SMILES string of the molecule is Cc1ccc(C(C)Nc2cc(F)ncn2)s1. The van der Waals surface area contributed by atoms with Gasteiger partial charge in [0, 0.05) is 15.8 Å². The Morgan fingerprint density at radius 2 is 2.19 bits per heavy atom. The number of hydrogen-bond acceptors (Lipinski definition) is 4. The van der Waals surface area contributed by atoms with Crippen molar-refractivity contribution in [1.82, 2.24) is 9.97 Å². The van der Waals surface area contributed by atoms with E-state index in [9.17, 15) is 4.39 Å². The first-order valence-electron chi connectivity index (χ1n) is 4.95. The van der Waals surface area contributed by atoms with Crippen molar-refractivity contribution < 1.29 is 4.39 Å². The van der Waals surface area contributed by atoms with Crippen molar-refractivity contribution in [3.05, 3.63) is 40.2 Å². The van der Waals surface area contributed by atoms with Crippen LogP contribution in [0.25, 0.3) is 0 Å². The molecule has 1 atom stereocenters. The van der Waals surface area contributed by atoms with Gasteiger partial charge in [-0.2, -0.15) is 4.39 Å². The zero-order valence-corrected chi connectivity index (χ0v) is 9.88. The summed E-state index contributed by atoms with van der Waals surface area (Å²) in [6, 6.07) is 5.54. The highest BCUT2D eigenvalue weighted by atomic mass is 32.1. The lowest BCUT2D eigenvalue weighted by molar-refractivity contribution is 0.579. The molecule has 0 fully saturated rings. The molecule has 0 spiro atoms. The van der Waals surface area contributed by atoms with Crippen LogP contribution >= 0.6 is 11.3 Å². The molecule has 0 aliphatic rings. The van der Waals surface area contributed by atoms with Crippen molar-refractivity contribution in [3.8, 4) is 0 Å². The minimum atomic E-state index is -0.521. The van der Waals surface area contributed by atoms with Crippen molar-refractivity contribution in [2.24, 2.45) is 0 Å². The lowest BCUT2D eigenvalue weighted by Crippen LogP contribution is -2.06. The van der Waals surface area contributed by atoms with Gasteiger partial charge in [-0.1, -0.05) is 0 Å². The maximum absolute atomic E-state index is 12.8. The van der Waals surface area contributed by atoms with Gasteiger partial charge in [0.15, 0.2) is 0 Å². The molecule has 0 saturated heterocycles. The van der Waals surface area contributed by atoms with E-state index in [0.29, 0.717) is 5.82 Å². The molecule has 84 valence electrons. The summed E-state index contributed by atoms with van der Waals surface area (Å²) in [5.74, 6) is -0.0156. The summed E-state index contributed by atoms with van der Waals surface area (Å²) in [5.41, 5.74) is 0. The highest BCUT2D eigenvalue weighted by Gasteiger charge is 2.08. The maximum atomic E-state index is 12.8. The van der Waals surface area contributed by atoms with Gasteiger partial charge in [0.1, 0.15) is 12.1 Å². The fourth-order valence-corrected chi connectivity index (χ4v) is 2.27. The number of aromatic nitrogens is 2. The molecule has 0 bridgehead atoms. The van der Waals surface area contributed by atoms with Crippen LogP contribution in [0.4, 0.5) is 10.2 Å². The van der Waals surface area contributed by atoms with E-state index in [-0.39, 0.29) is 6.04 Å². The van der Waals surface area contributed by atoms with Gasteiger partial charge in [0.2, 0.25) is 5.95 Å². The molecule has 16 heavy (non-hydrogen) atoms. The number of rotatable bonds is 3. The molecule has 2 heterocycles. The van der Waals surface area contributed by atoms with Gasteiger partial charge in [0.05, 0.1) is 6.04 Å². The molecule has 2 aromatic rings. The molecular weight excluding hydrogens is 225 g/mol. The fraction of sp³-hybridized carbons (Fsp3) is 0.273. The number of thiophene rings is 1. The minimum Gasteiger partial charge on any atom is -0.363 e. The molecule has 2 aromatic heterocycles. The highest BCUT2D eigenvalue weighted by molar-refractivity contribution is 7.12. The monoisotopic (exact) mass is 237 g/mol. The zero-order valence-electron chi connectivity index (χ0n) is 9.07. The topological polar surface area (TPSA) is 37.8 Å². The molecular formula is C11H12FN3S. The highest BCUT2D eigenvalue weighted by Crippen LogP contribution is 2.24. The summed E-state index contributed by atoms with van der Waals surface area (Å²) in [4.78, 5) is 9.83. The van der Waals surface area contributed by atoms with Crippen LogP contribution in [0.1, 0.15) is 22.7 Å². The minimum absolute atomic E-state index is 0.119. The maximum Gasteiger partial charge on any atom is 0.217 e. The smallest absolute Gasteiger partial charge is 0.217 e. The van der Waals surface area contributed by atoms with Gasteiger partial charge in [-0.15, -0.1) is 11.3 Å². The summed E-state index contributed by atoms with van der Waals surface area (Å²) in [6.07, 6.45) is 1.21. The lowest BCUT2D eigenvalue weighted by atomic mass is 10.2. The van der Waals surface area contributed by atoms with Crippen LogP contribution in [0.3, 0.4) is 0 Å². The zero-order chi connectivity index (χ0) is 11.5. The molecule has 1 N–H and O–H groups in total. The Morgan fingerprint density at radius 3 is 2.81 bits per heavy atom. The summed E-state index contributed by atoms with van der Waals surface area (Å²) >= 11 is 1.72. The van der Waals surface area contributed by atoms with Crippen LogP contribution in [0.15, 0.2) is 24.5 Å². The Balaban J connectivity index is 2.10. The normalized spacial score (nSPS) is 12.4. The number of nitrogens with one attached hydrogen (secondary N) is 1. The van der Waals surface area contributed by atoms with Crippen LogP contribution in [-0.4, -0.2) is 9.97 Å². The average molecular weight is 237 g/mol. The first kappa shape index (κ1) is 11.0. The third kappa shape index (κ3) is 2.55. The summed E-state index contributed by atoms with van der Waals surface area (Å²) < 4.78 is 12.8. The molecule has 0 saturated carbocycles. The Hall–Kier alpha value is -1.49. The van der Waals surface area contributed by atoms with Crippen molar-refractivity contribution in [3.63, 3.8) is 0 Å². The Kier molecular flexibility index (Phi) is 3.14. The van der Waals surface area contributed by atoms with Gasteiger partial charge in [0.25, 0.3) is 0 Å². The fourth-order valence-electron chi connectivity index (χ4n) is 1.39. The number of halogens is 1. The number of hydrogen-bond donors (Lipinski definition) is 1.